The lowest BCUT2D eigenvalue weighted by Gasteiger charge is -2.34. The summed E-state index contributed by atoms with van der Waals surface area (Å²) in [5.41, 5.74) is 0.742. The Morgan fingerprint density at radius 2 is 2.20 bits per heavy atom. The molecule has 1 unspecified atom stereocenters. The number of rotatable bonds is 4. The van der Waals surface area contributed by atoms with Gasteiger partial charge in [0.2, 0.25) is 0 Å². The molecule has 2 rings (SSSR count). The lowest BCUT2D eigenvalue weighted by atomic mass is 10.0. The Kier molecular flexibility index (Phi) is 5.51. The lowest BCUT2D eigenvalue weighted by molar-refractivity contribution is -0.150. The Bertz CT molecular complexity index is 478. The number of ether oxygens (including phenoxy) is 1. The maximum atomic E-state index is 13.2. The molecule has 0 radical (unpaired) electrons. The predicted molar refractivity (Wildman–Crippen MR) is 77.9 cm³/mol. The molecule has 0 aromatic heterocycles. The smallest absolute Gasteiger partial charge is 0.328 e. The van der Waals surface area contributed by atoms with Crippen LogP contribution in [0, 0.1) is 5.82 Å². The quantitative estimate of drug-likeness (QED) is 0.849. The summed E-state index contributed by atoms with van der Waals surface area (Å²) < 4.78 is 19.0. The van der Waals surface area contributed by atoms with Crippen LogP contribution in [0.1, 0.15) is 18.5 Å². The first kappa shape index (κ1) is 15.4. The monoisotopic (exact) mass is 344 g/mol. The number of benzene rings is 1. The van der Waals surface area contributed by atoms with Gasteiger partial charge in [0.25, 0.3) is 0 Å². The molecule has 1 saturated heterocycles. The van der Waals surface area contributed by atoms with Crippen molar-refractivity contribution in [1.82, 2.24) is 10.2 Å². The standard InChI is InChI=1S/C14H18BrFN2O2/c1-2-20-14(19)13(18-7-5-17-6-8-18)11-4-3-10(16)9-12(11)15/h3-4,9,13,17H,2,5-8H2,1H3. The molecule has 20 heavy (non-hydrogen) atoms. The molecular formula is C14H18BrFN2O2. The molecule has 4 nitrogen and oxygen atoms in total. The highest BCUT2D eigenvalue weighted by Gasteiger charge is 2.31. The van der Waals surface area contributed by atoms with Gasteiger partial charge < -0.3 is 10.1 Å². The number of nitrogens with one attached hydrogen (secondary N) is 1. The van der Waals surface area contributed by atoms with Gasteiger partial charge in [-0.15, -0.1) is 0 Å². The summed E-state index contributed by atoms with van der Waals surface area (Å²) >= 11 is 3.34. The van der Waals surface area contributed by atoms with Crippen LogP contribution >= 0.6 is 15.9 Å². The highest BCUT2D eigenvalue weighted by atomic mass is 79.9. The fourth-order valence-corrected chi connectivity index (χ4v) is 2.93. The first-order valence-electron chi connectivity index (χ1n) is 6.70. The summed E-state index contributed by atoms with van der Waals surface area (Å²) in [7, 11) is 0. The lowest BCUT2D eigenvalue weighted by Crippen LogP contribution is -2.47. The predicted octanol–water partition coefficient (Wildman–Crippen LogP) is 2.10. The van der Waals surface area contributed by atoms with Gasteiger partial charge in [-0.05, 0) is 24.6 Å². The highest BCUT2D eigenvalue weighted by Crippen LogP contribution is 2.30. The summed E-state index contributed by atoms with van der Waals surface area (Å²) in [6.07, 6.45) is 0. The van der Waals surface area contributed by atoms with Crippen molar-refractivity contribution in [2.45, 2.75) is 13.0 Å². The number of carbonyl (C=O) groups excluding carboxylic acids is 1. The van der Waals surface area contributed by atoms with E-state index in [0.717, 1.165) is 31.7 Å². The molecule has 0 amide bonds. The van der Waals surface area contributed by atoms with Gasteiger partial charge in [0.1, 0.15) is 11.9 Å². The molecule has 0 bridgehead atoms. The van der Waals surface area contributed by atoms with Crippen LogP contribution in [0.15, 0.2) is 22.7 Å². The minimum Gasteiger partial charge on any atom is -0.465 e. The number of esters is 1. The van der Waals surface area contributed by atoms with Crippen molar-refractivity contribution in [1.29, 1.82) is 0 Å². The average Bonchev–Trinajstić information content (AvgIpc) is 2.43. The normalized spacial score (nSPS) is 17.8. The van der Waals surface area contributed by atoms with Crippen molar-refractivity contribution in [3.63, 3.8) is 0 Å². The second kappa shape index (κ2) is 7.15. The molecule has 0 saturated carbocycles. The third kappa shape index (κ3) is 3.56. The van der Waals surface area contributed by atoms with Crippen molar-refractivity contribution >= 4 is 21.9 Å². The third-order valence-electron chi connectivity index (χ3n) is 3.28. The van der Waals surface area contributed by atoms with Crippen molar-refractivity contribution in [3.05, 3.63) is 34.1 Å². The van der Waals surface area contributed by atoms with Gasteiger partial charge in [0.15, 0.2) is 0 Å². The topological polar surface area (TPSA) is 41.6 Å². The van der Waals surface area contributed by atoms with Crippen LogP contribution in [0.25, 0.3) is 0 Å². The molecule has 110 valence electrons. The summed E-state index contributed by atoms with van der Waals surface area (Å²) in [5.74, 6) is -0.620. The fourth-order valence-electron chi connectivity index (χ4n) is 2.36. The number of hydrogen-bond donors (Lipinski definition) is 1. The molecule has 1 aromatic carbocycles. The van der Waals surface area contributed by atoms with Gasteiger partial charge in [-0.2, -0.15) is 0 Å². The maximum Gasteiger partial charge on any atom is 0.328 e. The number of halogens is 2. The Balaban J connectivity index is 2.31. The van der Waals surface area contributed by atoms with E-state index in [1.54, 1.807) is 13.0 Å². The Morgan fingerprint density at radius 3 is 2.80 bits per heavy atom. The van der Waals surface area contributed by atoms with Crippen molar-refractivity contribution in [3.8, 4) is 0 Å². The largest absolute Gasteiger partial charge is 0.465 e. The van der Waals surface area contributed by atoms with E-state index in [4.69, 9.17) is 4.74 Å². The second-order valence-electron chi connectivity index (χ2n) is 4.61. The Morgan fingerprint density at radius 1 is 1.50 bits per heavy atom. The van der Waals surface area contributed by atoms with Crippen LogP contribution in [-0.2, 0) is 9.53 Å². The minimum atomic E-state index is -0.493. The van der Waals surface area contributed by atoms with Gasteiger partial charge >= 0.3 is 5.97 Å². The maximum absolute atomic E-state index is 13.2. The van der Waals surface area contributed by atoms with E-state index in [9.17, 15) is 9.18 Å². The zero-order valence-corrected chi connectivity index (χ0v) is 13.0. The number of carbonyl (C=O) groups is 1. The van der Waals surface area contributed by atoms with Crippen molar-refractivity contribution in [2.24, 2.45) is 0 Å². The van der Waals surface area contributed by atoms with Gasteiger partial charge in [-0.3, -0.25) is 4.90 Å². The van der Waals surface area contributed by atoms with E-state index in [2.05, 4.69) is 26.1 Å². The van der Waals surface area contributed by atoms with E-state index in [1.165, 1.54) is 12.1 Å². The average molecular weight is 345 g/mol. The zero-order chi connectivity index (χ0) is 14.5. The highest BCUT2D eigenvalue weighted by molar-refractivity contribution is 9.10. The van der Waals surface area contributed by atoms with Crippen LogP contribution in [0.3, 0.4) is 0 Å². The number of hydrogen-bond acceptors (Lipinski definition) is 4. The van der Waals surface area contributed by atoms with E-state index in [-0.39, 0.29) is 11.8 Å². The molecule has 1 heterocycles. The molecule has 1 N–H and O–H groups in total. The van der Waals surface area contributed by atoms with Crippen molar-refractivity contribution < 1.29 is 13.9 Å². The third-order valence-corrected chi connectivity index (χ3v) is 3.97. The summed E-state index contributed by atoms with van der Waals surface area (Å²) in [5, 5.41) is 3.25. The van der Waals surface area contributed by atoms with Crippen LogP contribution < -0.4 is 5.32 Å². The van der Waals surface area contributed by atoms with E-state index in [0.29, 0.717) is 11.1 Å². The molecule has 1 fully saturated rings. The van der Waals surface area contributed by atoms with Gasteiger partial charge in [-0.25, -0.2) is 9.18 Å². The molecule has 0 aliphatic carbocycles. The molecule has 1 aliphatic heterocycles. The second-order valence-corrected chi connectivity index (χ2v) is 5.46. The SMILES string of the molecule is CCOC(=O)C(c1ccc(F)cc1Br)N1CCNCC1. The number of piperazine rings is 1. The molecule has 1 aromatic rings. The van der Waals surface area contributed by atoms with Gasteiger partial charge in [0.05, 0.1) is 6.61 Å². The van der Waals surface area contributed by atoms with E-state index >= 15 is 0 Å². The summed E-state index contributed by atoms with van der Waals surface area (Å²) in [6, 6.07) is 3.90. The van der Waals surface area contributed by atoms with Crippen LogP contribution in [-0.4, -0.2) is 43.7 Å². The Labute approximate surface area is 126 Å². The summed E-state index contributed by atoms with van der Waals surface area (Å²) in [4.78, 5) is 14.3. The Hall–Kier alpha value is -0.980. The number of nitrogens with zero attached hydrogens (tertiary/aromatic N) is 1. The molecular weight excluding hydrogens is 327 g/mol. The first-order valence-corrected chi connectivity index (χ1v) is 7.49. The molecule has 1 atom stereocenters. The van der Waals surface area contributed by atoms with Crippen LogP contribution in [0.4, 0.5) is 4.39 Å². The zero-order valence-electron chi connectivity index (χ0n) is 11.4. The van der Waals surface area contributed by atoms with Gasteiger partial charge in [-0.1, -0.05) is 22.0 Å². The van der Waals surface area contributed by atoms with E-state index in [1.807, 2.05) is 0 Å². The first-order chi connectivity index (χ1) is 9.63. The van der Waals surface area contributed by atoms with Crippen molar-refractivity contribution in [2.75, 3.05) is 32.8 Å². The fraction of sp³-hybridized carbons (Fsp3) is 0.500. The van der Waals surface area contributed by atoms with E-state index < -0.39 is 6.04 Å². The summed E-state index contributed by atoms with van der Waals surface area (Å²) in [6.45, 7) is 5.29. The van der Waals surface area contributed by atoms with Crippen LogP contribution in [0.5, 0.6) is 0 Å². The minimum absolute atomic E-state index is 0.290. The molecule has 1 aliphatic rings. The molecule has 0 spiro atoms. The van der Waals surface area contributed by atoms with Gasteiger partial charge in [0, 0.05) is 30.7 Å². The van der Waals surface area contributed by atoms with Crippen LogP contribution in [0.2, 0.25) is 0 Å². The molecule has 6 heteroatoms.